The Hall–Kier alpha value is -2.92. The van der Waals surface area contributed by atoms with Gasteiger partial charge in [-0.25, -0.2) is 4.68 Å². The van der Waals surface area contributed by atoms with Gasteiger partial charge in [-0.2, -0.15) is 5.10 Å². The topological polar surface area (TPSA) is 51.4 Å². The molecule has 3 rings (SSSR count). The van der Waals surface area contributed by atoms with Crippen LogP contribution in [0.3, 0.4) is 0 Å². The second-order valence-electron chi connectivity index (χ2n) is 8.40. The maximum atomic E-state index is 13.0. The lowest BCUT2D eigenvalue weighted by atomic mass is 10.0. The molecule has 1 aromatic heterocycles. The third-order valence-corrected chi connectivity index (χ3v) is 5.96. The quantitative estimate of drug-likeness (QED) is 0.660. The van der Waals surface area contributed by atoms with Crippen molar-refractivity contribution in [2.24, 2.45) is 0 Å². The SMILES string of the molecule is Cc1cc(C)c(NC(=O)[C@H](C)[NH+](C)Cc2c(C)nn(-c3ccccc3)c2C)c(C)c1. The highest BCUT2D eigenvalue weighted by atomic mass is 16.2. The second kappa shape index (κ2) is 8.84. The molecule has 0 aliphatic heterocycles. The van der Waals surface area contributed by atoms with E-state index in [4.69, 9.17) is 5.10 Å². The number of rotatable bonds is 6. The molecule has 30 heavy (non-hydrogen) atoms. The summed E-state index contributed by atoms with van der Waals surface area (Å²) in [5.41, 5.74) is 8.71. The first-order valence-electron chi connectivity index (χ1n) is 10.5. The van der Waals surface area contributed by atoms with Gasteiger partial charge in [-0.3, -0.25) is 4.79 Å². The number of aromatic nitrogens is 2. The van der Waals surface area contributed by atoms with Gasteiger partial charge in [0.15, 0.2) is 6.04 Å². The van der Waals surface area contributed by atoms with Gasteiger partial charge < -0.3 is 10.2 Å². The number of nitrogens with one attached hydrogen (secondary N) is 2. The van der Waals surface area contributed by atoms with Gasteiger partial charge in [0, 0.05) is 5.69 Å². The predicted octanol–water partition coefficient (Wildman–Crippen LogP) is 3.46. The summed E-state index contributed by atoms with van der Waals surface area (Å²) in [6.07, 6.45) is 0. The largest absolute Gasteiger partial charge is 0.324 e. The van der Waals surface area contributed by atoms with Gasteiger partial charge in [0.05, 0.1) is 29.7 Å². The molecule has 0 spiro atoms. The van der Waals surface area contributed by atoms with Crippen LogP contribution in [0, 0.1) is 34.6 Å². The number of nitrogens with zero attached hydrogens (tertiary/aromatic N) is 2. The molecular formula is C25H33N4O+. The van der Waals surface area contributed by atoms with Crippen molar-refractivity contribution in [1.29, 1.82) is 0 Å². The van der Waals surface area contributed by atoms with Gasteiger partial charge in [0.2, 0.25) is 0 Å². The summed E-state index contributed by atoms with van der Waals surface area (Å²) in [4.78, 5) is 14.1. The van der Waals surface area contributed by atoms with Crippen LogP contribution in [0.2, 0.25) is 0 Å². The minimum atomic E-state index is -0.191. The van der Waals surface area contributed by atoms with Crippen LogP contribution in [-0.2, 0) is 11.3 Å². The number of quaternary nitrogens is 1. The molecule has 3 aromatic rings. The minimum absolute atomic E-state index is 0.0355. The molecule has 5 heteroatoms. The fourth-order valence-corrected chi connectivity index (χ4v) is 4.02. The molecule has 158 valence electrons. The monoisotopic (exact) mass is 405 g/mol. The Morgan fingerprint density at radius 1 is 1.07 bits per heavy atom. The van der Waals surface area contributed by atoms with Crippen molar-refractivity contribution in [1.82, 2.24) is 9.78 Å². The first-order chi connectivity index (χ1) is 14.2. The van der Waals surface area contributed by atoms with E-state index in [0.29, 0.717) is 0 Å². The molecule has 1 heterocycles. The van der Waals surface area contributed by atoms with E-state index < -0.39 is 0 Å². The summed E-state index contributed by atoms with van der Waals surface area (Å²) >= 11 is 0. The molecule has 2 aromatic carbocycles. The summed E-state index contributed by atoms with van der Waals surface area (Å²) in [6, 6.07) is 14.2. The van der Waals surface area contributed by atoms with E-state index in [2.05, 4.69) is 50.5 Å². The zero-order valence-electron chi connectivity index (χ0n) is 19.1. The summed E-state index contributed by atoms with van der Waals surface area (Å²) in [7, 11) is 2.07. The first-order valence-corrected chi connectivity index (χ1v) is 10.5. The average molecular weight is 406 g/mol. The van der Waals surface area contributed by atoms with Crippen LogP contribution in [0.25, 0.3) is 5.69 Å². The maximum absolute atomic E-state index is 13.0. The fourth-order valence-electron chi connectivity index (χ4n) is 4.02. The summed E-state index contributed by atoms with van der Waals surface area (Å²) in [5, 5.41) is 7.89. The zero-order chi connectivity index (χ0) is 22.0. The number of hydrogen-bond donors (Lipinski definition) is 2. The maximum Gasteiger partial charge on any atom is 0.282 e. The Morgan fingerprint density at radius 2 is 1.67 bits per heavy atom. The van der Waals surface area contributed by atoms with Crippen LogP contribution in [0.15, 0.2) is 42.5 Å². The molecule has 2 atom stereocenters. The molecule has 0 saturated carbocycles. The van der Waals surface area contributed by atoms with Crippen molar-refractivity contribution in [2.45, 2.75) is 54.1 Å². The molecule has 0 bridgehead atoms. The Bertz CT molecular complexity index is 1030. The number of carbonyl (C=O) groups is 1. The average Bonchev–Trinajstić information content (AvgIpc) is 2.98. The van der Waals surface area contributed by atoms with Crippen molar-refractivity contribution in [2.75, 3.05) is 12.4 Å². The van der Waals surface area contributed by atoms with E-state index >= 15 is 0 Å². The number of carbonyl (C=O) groups excluding carboxylic acids is 1. The van der Waals surface area contributed by atoms with Gasteiger partial charge in [-0.15, -0.1) is 0 Å². The number of amides is 1. The van der Waals surface area contributed by atoms with Gasteiger partial charge >= 0.3 is 0 Å². The van der Waals surface area contributed by atoms with E-state index in [0.717, 1.165) is 45.3 Å². The van der Waals surface area contributed by atoms with E-state index in [1.807, 2.05) is 50.6 Å². The van der Waals surface area contributed by atoms with Gasteiger partial charge in [0.1, 0.15) is 6.54 Å². The standard InChI is InChI=1S/C25H32N4O/c1-16-13-17(2)24(18(3)14-16)26-25(30)21(6)28(7)15-23-19(4)27-29(20(23)5)22-11-9-8-10-12-22/h8-14,21H,15H2,1-7H3,(H,26,30)/p+1/t21-/m0/s1. The van der Waals surface area contributed by atoms with Crippen LogP contribution in [-0.4, -0.2) is 28.8 Å². The van der Waals surface area contributed by atoms with E-state index in [-0.39, 0.29) is 11.9 Å². The second-order valence-corrected chi connectivity index (χ2v) is 8.40. The molecule has 0 saturated heterocycles. The highest BCUT2D eigenvalue weighted by Gasteiger charge is 2.25. The van der Waals surface area contributed by atoms with Crippen molar-refractivity contribution >= 4 is 11.6 Å². The van der Waals surface area contributed by atoms with E-state index in [9.17, 15) is 4.79 Å². The highest BCUT2D eigenvalue weighted by molar-refractivity contribution is 5.95. The highest BCUT2D eigenvalue weighted by Crippen LogP contribution is 2.22. The van der Waals surface area contributed by atoms with Gasteiger partial charge in [-0.1, -0.05) is 35.9 Å². The smallest absolute Gasteiger partial charge is 0.282 e. The van der Waals surface area contributed by atoms with Crippen LogP contribution < -0.4 is 10.2 Å². The lowest BCUT2D eigenvalue weighted by Gasteiger charge is -2.22. The predicted molar refractivity (Wildman–Crippen MR) is 122 cm³/mol. The third-order valence-electron chi connectivity index (χ3n) is 5.96. The summed E-state index contributed by atoms with van der Waals surface area (Å²) < 4.78 is 1.99. The van der Waals surface area contributed by atoms with Crippen LogP contribution in [0.5, 0.6) is 0 Å². The van der Waals surface area contributed by atoms with Crippen molar-refractivity contribution < 1.29 is 9.69 Å². The lowest BCUT2D eigenvalue weighted by Crippen LogP contribution is -3.12. The van der Waals surface area contributed by atoms with Gasteiger partial charge in [-0.05, 0) is 64.8 Å². The molecule has 1 amide bonds. The Morgan fingerprint density at radius 3 is 2.27 bits per heavy atom. The van der Waals surface area contributed by atoms with Crippen molar-refractivity contribution in [3.05, 3.63) is 76.1 Å². The molecule has 0 radical (unpaired) electrons. The molecule has 0 fully saturated rings. The van der Waals surface area contributed by atoms with Crippen molar-refractivity contribution in [3.63, 3.8) is 0 Å². The number of hydrogen-bond acceptors (Lipinski definition) is 2. The molecule has 0 aliphatic rings. The van der Waals surface area contributed by atoms with Crippen LogP contribution in [0.4, 0.5) is 5.69 Å². The Balaban J connectivity index is 1.75. The zero-order valence-corrected chi connectivity index (χ0v) is 19.1. The number of anilines is 1. The minimum Gasteiger partial charge on any atom is -0.324 e. The number of likely N-dealkylation sites (N-methyl/N-ethyl adjacent to an activating group) is 1. The number of aryl methyl sites for hydroxylation is 4. The third kappa shape index (κ3) is 4.46. The van der Waals surface area contributed by atoms with E-state index in [1.54, 1.807) is 0 Å². The molecule has 2 N–H and O–H groups in total. The van der Waals surface area contributed by atoms with Crippen LogP contribution >= 0.6 is 0 Å². The summed E-state index contributed by atoms with van der Waals surface area (Å²) in [6.45, 7) is 13.0. The Labute approximate surface area is 179 Å². The normalized spacial score (nSPS) is 13.2. The number of para-hydroxylation sites is 1. The molecule has 1 unspecified atom stereocenters. The molecule has 0 aliphatic carbocycles. The number of benzene rings is 2. The lowest BCUT2D eigenvalue weighted by molar-refractivity contribution is -0.907. The summed E-state index contributed by atoms with van der Waals surface area (Å²) in [5.74, 6) is 0.0355. The van der Waals surface area contributed by atoms with E-state index in [1.165, 1.54) is 11.1 Å². The van der Waals surface area contributed by atoms with Crippen molar-refractivity contribution in [3.8, 4) is 5.69 Å². The molecule has 5 nitrogen and oxygen atoms in total. The van der Waals surface area contributed by atoms with Crippen LogP contribution in [0.1, 0.15) is 40.6 Å². The Kier molecular flexibility index (Phi) is 6.42. The fraction of sp³-hybridized carbons (Fsp3) is 0.360. The molecular weight excluding hydrogens is 372 g/mol. The first kappa shape index (κ1) is 21.8. The van der Waals surface area contributed by atoms with Gasteiger partial charge in [0.25, 0.3) is 5.91 Å².